The van der Waals surface area contributed by atoms with Crippen LogP contribution in [0.4, 0.5) is 5.13 Å². The lowest BCUT2D eigenvalue weighted by Crippen LogP contribution is -1.80. The molecule has 2 rings (SSSR count). The van der Waals surface area contributed by atoms with Gasteiger partial charge in [0.1, 0.15) is 5.75 Å². The number of thiazole rings is 1. The first-order valence-corrected chi connectivity index (χ1v) is 5.47. The number of methoxy groups -OCH3 is 1. The van der Waals surface area contributed by atoms with Crippen molar-refractivity contribution in [2.75, 3.05) is 13.7 Å². The van der Waals surface area contributed by atoms with E-state index in [0.717, 1.165) is 16.0 Å². The van der Waals surface area contributed by atoms with E-state index in [1.54, 1.807) is 7.11 Å². The van der Waals surface area contributed by atoms with Crippen LogP contribution in [0.2, 0.25) is 0 Å². The van der Waals surface area contributed by atoms with Crippen LogP contribution in [0.3, 0.4) is 0 Å². The SMILES string of the molecule is C.CCN=Nc1nc2ccc(OC)cc2s1. The predicted octanol–water partition coefficient (Wildman–Crippen LogP) is 4.04. The molecule has 16 heavy (non-hydrogen) atoms. The summed E-state index contributed by atoms with van der Waals surface area (Å²) in [4.78, 5) is 4.33. The number of hydrogen-bond donors (Lipinski definition) is 0. The van der Waals surface area contributed by atoms with E-state index >= 15 is 0 Å². The largest absolute Gasteiger partial charge is 0.497 e. The van der Waals surface area contributed by atoms with Crippen molar-refractivity contribution < 1.29 is 4.74 Å². The standard InChI is InChI=1S/C10H11N3OS.CH4/c1-3-11-13-10-12-8-5-4-7(14-2)6-9(8)15-10;/h4-6H,3H2,1-2H3;1H4. The number of nitrogens with zero attached hydrogens (tertiary/aromatic N) is 3. The molecule has 0 bridgehead atoms. The van der Waals surface area contributed by atoms with E-state index in [0.29, 0.717) is 11.7 Å². The molecule has 0 atom stereocenters. The number of aromatic nitrogens is 1. The molecule has 0 aliphatic rings. The Morgan fingerprint density at radius 1 is 1.44 bits per heavy atom. The zero-order valence-corrected chi connectivity index (χ0v) is 9.41. The van der Waals surface area contributed by atoms with Crippen molar-refractivity contribution >= 4 is 26.7 Å². The number of ether oxygens (including phenoxy) is 1. The van der Waals surface area contributed by atoms with Gasteiger partial charge in [0.2, 0.25) is 5.13 Å². The summed E-state index contributed by atoms with van der Waals surface area (Å²) in [5.74, 6) is 0.838. The van der Waals surface area contributed by atoms with E-state index in [1.807, 2.05) is 25.1 Å². The lowest BCUT2D eigenvalue weighted by molar-refractivity contribution is 0.415. The van der Waals surface area contributed by atoms with Crippen LogP contribution in [0, 0.1) is 0 Å². The smallest absolute Gasteiger partial charge is 0.230 e. The van der Waals surface area contributed by atoms with Crippen molar-refractivity contribution in [3.05, 3.63) is 18.2 Å². The summed E-state index contributed by atoms with van der Waals surface area (Å²) in [5.41, 5.74) is 0.936. The molecule has 1 aromatic carbocycles. The van der Waals surface area contributed by atoms with E-state index in [2.05, 4.69) is 15.2 Å². The fourth-order valence-electron chi connectivity index (χ4n) is 1.19. The Hall–Kier alpha value is -1.49. The molecule has 86 valence electrons. The van der Waals surface area contributed by atoms with Crippen molar-refractivity contribution in [2.24, 2.45) is 10.2 Å². The molecule has 0 N–H and O–H groups in total. The topological polar surface area (TPSA) is 46.8 Å². The maximum absolute atomic E-state index is 5.14. The van der Waals surface area contributed by atoms with Crippen LogP contribution >= 0.6 is 11.3 Å². The minimum atomic E-state index is 0. The van der Waals surface area contributed by atoms with Gasteiger partial charge >= 0.3 is 0 Å². The van der Waals surface area contributed by atoms with Gasteiger partial charge in [-0.1, -0.05) is 18.8 Å². The molecular formula is C11H15N3OS. The van der Waals surface area contributed by atoms with Crippen LogP contribution in [-0.4, -0.2) is 18.6 Å². The molecule has 0 unspecified atom stereocenters. The molecule has 0 amide bonds. The van der Waals surface area contributed by atoms with Gasteiger partial charge in [0.15, 0.2) is 0 Å². The Balaban J connectivity index is 0.00000128. The maximum atomic E-state index is 5.14. The second-order valence-corrected chi connectivity index (χ2v) is 3.90. The van der Waals surface area contributed by atoms with Crippen molar-refractivity contribution in [3.8, 4) is 5.75 Å². The Labute approximate surface area is 99.0 Å². The summed E-state index contributed by atoms with van der Waals surface area (Å²) >= 11 is 1.52. The fourth-order valence-corrected chi connectivity index (χ4v) is 2.03. The average molecular weight is 237 g/mol. The third kappa shape index (κ3) is 2.55. The predicted molar refractivity (Wildman–Crippen MR) is 68.0 cm³/mol. The second-order valence-electron chi connectivity index (χ2n) is 2.89. The van der Waals surface area contributed by atoms with E-state index < -0.39 is 0 Å². The van der Waals surface area contributed by atoms with E-state index in [4.69, 9.17) is 4.74 Å². The summed E-state index contributed by atoms with van der Waals surface area (Å²) in [6.45, 7) is 2.62. The minimum Gasteiger partial charge on any atom is -0.497 e. The molecule has 4 nitrogen and oxygen atoms in total. The Morgan fingerprint density at radius 3 is 2.94 bits per heavy atom. The number of benzene rings is 1. The third-order valence-corrected chi connectivity index (χ3v) is 2.78. The first-order valence-electron chi connectivity index (χ1n) is 4.65. The van der Waals surface area contributed by atoms with Crippen molar-refractivity contribution in [1.29, 1.82) is 0 Å². The van der Waals surface area contributed by atoms with Crippen LogP contribution < -0.4 is 4.74 Å². The Bertz CT molecular complexity index is 493. The first-order chi connectivity index (χ1) is 7.33. The molecule has 0 fully saturated rings. The van der Waals surface area contributed by atoms with Gasteiger partial charge in [-0.2, -0.15) is 5.11 Å². The summed E-state index contributed by atoms with van der Waals surface area (Å²) in [7, 11) is 1.65. The molecule has 0 aliphatic heterocycles. The van der Waals surface area contributed by atoms with Gasteiger partial charge in [-0.25, -0.2) is 4.98 Å². The minimum absolute atomic E-state index is 0. The molecular weight excluding hydrogens is 222 g/mol. The van der Waals surface area contributed by atoms with Gasteiger partial charge in [-0.15, -0.1) is 5.11 Å². The lowest BCUT2D eigenvalue weighted by Gasteiger charge is -1.96. The van der Waals surface area contributed by atoms with Crippen molar-refractivity contribution in [2.45, 2.75) is 14.4 Å². The average Bonchev–Trinajstić information content (AvgIpc) is 2.67. The molecule has 0 saturated carbocycles. The molecule has 5 heteroatoms. The summed E-state index contributed by atoms with van der Waals surface area (Å²) in [5, 5.41) is 8.63. The van der Waals surface area contributed by atoms with Crippen LogP contribution in [0.5, 0.6) is 5.75 Å². The Morgan fingerprint density at radius 2 is 2.25 bits per heavy atom. The quantitative estimate of drug-likeness (QED) is 0.756. The highest BCUT2D eigenvalue weighted by atomic mass is 32.1. The molecule has 2 aromatic rings. The number of hydrogen-bond acceptors (Lipinski definition) is 5. The fraction of sp³-hybridized carbons (Fsp3) is 0.364. The molecule has 1 aromatic heterocycles. The highest BCUT2D eigenvalue weighted by Crippen LogP contribution is 2.30. The van der Waals surface area contributed by atoms with E-state index in [9.17, 15) is 0 Å². The van der Waals surface area contributed by atoms with Crippen molar-refractivity contribution in [1.82, 2.24) is 4.98 Å². The number of azo groups is 1. The normalized spacial score (nSPS) is 10.6. The van der Waals surface area contributed by atoms with Crippen LogP contribution in [0.1, 0.15) is 14.4 Å². The zero-order valence-electron chi connectivity index (χ0n) is 8.60. The van der Waals surface area contributed by atoms with Gasteiger partial charge in [0.05, 0.1) is 23.9 Å². The van der Waals surface area contributed by atoms with E-state index in [-0.39, 0.29) is 7.43 Å². The summed E-state index contributed by atoms with van der Waals surface area (Å²) in [6.07, 6.45) is 0. The monoisotopic (exact) mass is 237 g/mol. The molecule has 0 spiro atoms. The second kappa shape index (κ2) is 5.55. The van der Waals surface area contributed by atoms with E-state index in [1.165, 1.54) is 11.3 Å². The molecule has 0 radical (unpaired) electrons. The third-order valence-electron chi connectivity index (χ3n) is 1.88. The maximum Gasteiger partial charge on any atom is 0.230 e. The zero-order chi connectivity index (χ0) is 10.7. The van der Waals surface area contributed by atoms with Gasteiger partial charge in [0, 0.05) is 0 Å². The Kier molecular flexibility index (Phi) is 4.37. The van der Waals surface area contributed by atoms with Crippen LogP contribution in [-0.2, 0) is 0 Å². The highest BCUT2D eigenvalue weighted by Gasteiger charge is 2.03. The van der Waals surface area contributed by atoms with Gasteiger partial charge in [-0.3, -0.25) is 0 Å². The van der Waals surface area contributed by atoms with Crippen molar-refractivity contribution in [3.63, 3.8) is 0 Å². The van der Waals surface area contributed by atoms with Gasteiger partial charge in [0.25, 0.3) is 0 Å². The van der Waals surface area contributed by atoms with Crippen LogP contribution in [0.25, 0.3) is 10.2 Å². The summed E-state index contributed by atoms with van der Waals surface area (Å²) in [6, 6.07) is 5.77. The number of fused-ring (bicyclic) bond motifs is 1. The highest BCUT2D eigenvalue weighted by molar-refractivity contribution is 7.21. The summed E-state index contributed by atoms with van der Waals surface area (Å²) < 4.78 is 6.21. The number of rotatable bonds is 3. The first kappa shape index (κ1) is 12.6. The molecule has 0 saturated heterocycles. The van der Waals surface area contributed by atoms with Crippen LogP contribution in [0.15, 0.2) is 28.4 Å². The van der Waals surface area contributed by atoms with Gasteiger partial charge in [-0.05, 0) is 25.1 Å². The van der Waals surface area contributed by atoms with Gasteiger partial charge < -0.3 is 4.74 Å². The lowest BCUT2D eigenvalue weighted by atomic mass is 10.3. The molecule has 0 aliphatic carbocycles. The molecule has 1 heterocycles.